The molecule has 0 radical (unpaired) electrons. The maximum atomic E-state index is 12.7. The second-order valence-electron chi connectivity index (χ2n) is 4.54. The molecule has 1 heterocycles. The van der Waals surface area contributed by atoms with E-state index < -0.39 is 24.7 Å². The molecule has 0 aliphatic carbocycles. The first-order valence-electron chi connectivity index (χ1n) is 6.31. The normalized spacial score (nSPS) is 13.0. The second kappa shape index (κ2) is 5.99. The van der Waals surface area contributed by atoms with Crippen LogP contribution < -0.4 is 4.90 Å². The van der Waals surface area contributed by atoms with E-state index in [-0.39, 0.29) is 5.69 Å². The Kier molecular flexibility index (Phi) is 4.30. The molecule has 0 fully saturated rings. The summed E-state index contributed by atoms with van der Waals surface area (Å²) in [5, 5.41) is 3.90. The highest BCUT2D eigenvalue weighted by Crippen LogP contribution is 2.24. The highest BCUT2D eigenvalue weighted by molar-refractivity contribution is 5.95. The lowest BCUT2D eigenvalue weighted by Crippen LogP contribution is -2.42. The Bertz CT molecular complexity index is 581. The standard InChI is InChI=1S/C14H14F3N3O/c1-11(20-9-5-8-18-20)13(21)19(10-14(15,16)17)12-6-3-2-4-7-12/h2-9,11H,10H2,1H3/t11-/m0/s1. The van der Waals surface area contributed by atoms with E-state index in [0.717, 1.165) is 4.90 Å². The first-order valence-corrected chi connectivity index (χ1v) is 6.31. The molecular weight excluding hydrogens is 283 g/mol. The lowest BCUT2D eigenvalue weighted by Gasteiger charge is -2.27. The lowest BCUT2D eigenvalue weighted by atomic mass is 10.2. The van der Waals surface area contributed by atoms with E-state index in [1.807, 2.05) is 0 Å². The van der Waals surface area contributed by atoms with E-state index in [9.17, 15) is 18.0 Å². The molecule has 1 aromatic carbocycles. The summed E-state index contributed by atoms with van der Waals surface area (Å²) in [6, 6.07) is 8.59. The van der Waals surface area contributed by atoms with Crippen molar-refractivity contribution in [2.24, 2.45) is 0 Å². The number of hydrogen-bond acceptors (Lipinski definition) is 2. The zero-order valence-electron chi connectivity index (χ0n) is 11.3. The number of carbonyl (C=O) groups excluding carboxylic acids is 1. The maximum absolute atomic E-state index is 12.7. The van der Waals surface area contributed by atoms with Crippen molar-refractivity contribution < 1.29 is 18.0 Å². The van der Waals surface area contributed by atoms with Gasteiger partial charge in [0.05, 0.1) is 0 Å². The third kappa shape index (κ3) is 3.84. The van der Waals surface area contributed by atoms with Gasteiger partial charge in [-0.25, -0.2) is 0 Å². The van der Waals surface area contributed by atoms with Crippen LogP contribution in [0.3, 0.4) is 0 Å². The van der Waals surface area contributed by atoms with Gasteiger partial charge in [-0.05, 0) is 25.1 Å². The maximum Gasteiger partial charge on any atom is 0.406 e. The van der Waals surface area contributed by atoms with Gasteiger partial charge in [0.25, 0.3) is 5.91 Å². The third-order valence-corrected chi connectivity index (χ3v) is 2.95. The van der Waals surface area contributed by atoms with Gasteiger partial charge in [0.15, 0.2) is 0 Å². The largest absolute Gasteiger partial charge is 0.406 e. The van der Waals surface area contributed by atoms with Crippen LogP contribution in [0.15, 0.2) is 48.8 Å². The highest BCUT2D eigenvalue weighted by Gasteiger charge is 2.35. The number of benzene rings is 1. The van der Waals surface area contributed by atoms with Gasteiger partial charge in [-0.1, -0.05) is 18.2 Å². The van der Waals surface area contributed by atoms with Crippen molar-refractivity contribution in [3.05, 3.63) is 48.8 Å². The summed E-state index contributed by atoms with van der Waals surface area (Å²) in [6.07, 6.45) is -1.46. The zero-order chi connectivity index (χ0) is 15.5. The molecule has 0 aliphatic rings. The van der Waals surface area contributed by atoms with Gasteiger partial charge in [-0.15, -0.1) is 0 Å². The fourth-order valence-corrected chi connectivity index (χ4v) is 1.93. The number of carbonyl (C=O) groups is 1. The summed E-state index contributed by atoms with van der Waals surface area (Å²) in [5.74, 6) is -0.665. The first-order chi connectivity index (χ1) is 9.88. The highest BCUT2D eigenvalue weighted by atomic mass is 19.4. The molecular formula is C14H14F3N3O. The van der Waals surface area contributed by atoms with Crippen LogP contribution in [0, 0.1) is 0 Å². The molecule has 112 valence electrons. The van der Waals surface area contributed by atoms with Crippen molar-refractivity contribution in [3.8, 4) is 0 Å². The fraction of sp³-hybridized carbons (Fsp3) is 0.286. The Balaban J connectivity index is 2.29. The summed E-state index contributed by atoms with van der Waals surface area (Å²) in [6.45, 7) is 0.184. The van der Waals surface area contributed by atoms with Crippen molar-refractivity contribution in [2.75, 3.05) is 11.4 Å². The molecule has 1 amide bonds. The van der Waals surface area contributed by atoms with Crippen molar-refractivity contribution in [1.29, 1.82) is 0 Å². The third-order valence-electron chi connectivity index (χ3n) is 2.95. The van der Waals surface area contributed by atoms with Crippen LogP contribution in [-0.2, 0) is 4.79 Å². The minimum absolute atomic E-state index is 0.207. The monoisotopic (exact) mass is 297 g/mol. The number of para-hydroxylation sites is 1. The van der Waals surface area contributed by atoms with Crippen LogP contribution in [0.4, 0.5) is 18.9 Å². The predicted octanol–water partition coefficient (Wildman–Crippen LogP) is 3.04. The van der Waals surface area contributed by atoms with Gasteiger partial charge in [0.1, 0.15) is 12.6 Å². The van der Waals surface area contributed by atoms with Gasteiger partial charge in [0, 0.05) is 18.1 Å². The van der Waals surface area contributed by atoms with E-state index in [1.165, 1.54) is 29.9 Å². The average Bonchev–Trinajstić information content (AvgIpc) is 2.97. The number of aromatic nitrogens is 2. The summed E-state index contributed by atoms with van der Waals surface area (Å²) in [5.41, 5.74) is 0.207. The lowest BCUT2D eigenvalue weighted by molar-refractivity contribution is -0.134. The summed E-state index contributed by atoms with van der Waals surface area (Å²) in [7, 11) is 0. The molecule has 0 spiro atoms. The van der Waals surface area contributed by atoms with Crippen LogP contribution in [0.1, 0.15) is 13.0 Å². The number of rotatable bonds is 4. The molecule has 0 aliphatic heterocycles. The number of halogens is 3. The molecule has 7 heteroatoms. The smallest absolute Gasteiger partial charge is 0.301 e. The van der Waals surface area contributed by atoms with E-state index in [1.54, 1.807) is 30.5 Å². The van der Waals surface area contributed by atoms with E-state index in [2.05, 4.69) is 5.10 Å². The molecule has 4 nitrogen and oxygen atoms in total. The molecule has 0 bridgehead atoms. The van der Waals surface area contributed by atoms with Crippen LogP contribution in [0.5, 0.6) is 0 Å². The number of hydrogen-bond donors (Lipinski definition) is 0. The average molecular weight is 297 g/mol. The SMILES string of the molecule is C[C@@H](C(=O)N(CC(F)(F)F)c1ccccc1)n1cccn1. The van der Waals surface area contributed by atoms with Gasteiger partial charge >= 0.3 is 6.18 Å². The molecule has 0 unspecified atom stereocenters. The molecule has 2 aromatic rings. The van der Waals surface area contributed by atoms with Crippen molar-refractivity contribution in [2.45, 2.75) is 19.1 Å². The first kappa shape index (κ1) is 15.1. The molecule has 0 saturated carbocycles. The molecule has 1 atom stereocenters. The van der Waals surface area contributed by atoms with Gasteiger partial charge in [-0.3, -0.25) is 9.48 Å². The minimum atomic E-state index is -4.48. The quantitative estimate of drug-likeness (QED) is 0.870. The predicted molar refractivity (Wildman–Crippen MR) is 71.8 cm³/mol. The van der Waals surface area contributed by atoms with Gasteiger partial charge < -0.3 is 4.90 Å². The Hall–Kier alpha value is -2.31. The van der Waals surface area contributed by atoms with Crippen LogP contribution in [0.2, 0.25) is 0 Å². The second-order valence-corrected chi connectivity index (χ2v) is 4.54. The van der Waals surface area contributed by atoms with Crippen molar-refractivity contribution in [3.63, 3.8) is 0 Å². The fourth-order valence-electron chi connectivity index (χ4n) is 1.93. The molecule has 21 heavy (non-hydrogen) atoms. The van der Waals surface area contributed by atoms with Crippen LogP contribution in [-0.4, -0.2) is 28.4 Å². The number of alkyl halides is 3. The Morgan fingerprint density at radius 2 is 1.95 bits per heavy atom. The number of anilines is 1. The van der Waals surface area contributed by atoms with Gasteiger partial charge in [-0.2, -0.15) is 18.3 Å². The molecule has 1 aromatic heterocycles. The van der Waals surface area contributed by atoms with Crippen LogP contribution >= 0.6 is 0 Å². The summed E-state index contributed by atoms with van der Waals surface area (Å²) in [4.78, 5) is 13.1. The minimum Gasteiger partial charge on any atom is -0.301 e. The van der Waals surface area contributed by atoms with Gasteiger partial charge in [0.2, 0.25) is 0 Å². The van der Waals surface area contributed by atoms with E-state index in [0.29, 0.717) is 0 Å². The summed E-state index contributed by atoms with van der Waals surface area (Å²) >= 11 is 0. The number of amides is 1. The number of nitrogens with zero attached hydrogens (tertiary/aromatic N) is 3. The Labute approximate surface area is 119 Å². The Morgan fingerprint density at radius 3 is 2.48 bits per heavy atom. The molecule has 0 saturated heterocycles. The molecule has 2 rings (SSSR count). The van der Waals surface area contributed by atoms with Crippen LogP contribution in [0.25, 0.3) is 0 Å². The topological polar surface area (TPSA) is 38.1 Å². The summed E-state index contributed by atoms with van der Waals surface area (Å²) < 4.78 is 39.6. The zero-order valence-corrected chi connectivity index (χ0v) is 11.3. The van der Waals surface area contributed by atoms with Crippen molar-refractivity contribution >= 4 is 11.6 Å². The van der Waals surface area contributed by atoms with E-state index in [4.69, 9.17) is 0 Å². The van der Waals surface area contributed by atoms with Crippen molar-refractivity contribution in [1.82, 2.24) is 9.78 Å². The molecule has 0 N–H and O–H groups in total. The van der Waals surface area contributed by atoms with E-state index >= 15 is 0 Å². The Morgan fingerprint density at radius 1 is 1.29 bits per heavy atom.